The Morgan fingerprint density at radius 2 is 1.67 bits per heavy atom. The molecular formula is CH2BClNNaZn. The average Bonchev–Trinajstić information content (AvgIpc) is 0.918. The number of nitriles is 1. The van der Waals surface area contributed by atoms with E-state index in [1.165, 1.54) is 5.97 Å². The fourth-order valence-corrected chi connectivity index (χ4v) is 0. The van der Waals surface area contributed by atoms with Crippen LogP contribution in [0.25, 0.3) is 0 Å². The first-order valence-corrected chi connectivity index (χ1v) is 0.512. The fourth-order valence-electron chi connectivity index (χ4n) is 0. The monoisotopic (exact) mass is 161 g/mol. The van der Waals surface area contributed by atoms with Crippen LogP contribution in [-0.4, -0.2) is 7.85 Å². The molecule has 0 unspecified atom stereocenters. The average molecular weight is 163 g/mol. The maximum atomic E-state index is 7.10. The van der Waals surface area contributed by atoms with E-state index in [-0.39, 0.29) is 62.9 Å². The molecule has 0 bridgehead atoms. The van der Waals surface area contributed by atoms with Gasteiger partial charge in [-0.2, -0.15) is 0 Å². The molecule has 0 fully saturated rings. The normalized spacial score (nSPS) is 1.17. The molecule has 0 aromatic rings. The summed E-state index contributed by atoms with van der Waals surface area (Å²) in [7, 11) is 4.15. The zero-order valence-electron chi connectivity index (χ0n) is 4.64. The summed E-state index contributed by atoms with van der Waals surface area (Å²) in [5.41, 5.74) is 0. The van der Waals surface area contributed by atoms with E-state index in [0.717, 1.165) is 0 Å². The van der Waals surface area contributed by atoms with Gasteiger partial charge in [0.1, 0.15) is 0 Å². The van der Waals surface area contributed by atoms with Crippen molar-refractivity contribution in [1.82, 2.24) is 0 Å². The molecule has 0 saturated heterocycles. The number of hydrogen-bond donors (Lipinski definition) is 0. The molecule has 0 rings (SSSR count). The topological polar surface area (TPSA) is 23.8 Å². The quantitative estimate of drug-likeness (QED) is 0.353. The third-order valence-corrected chi connectivity index (χ3v) is 0. The smallest absolute Gasteiger partial charge is 1.00 e. The van der Waals surface area contributed by atoms with Crippen molar-refractivity contribution < 1.29 is 50.5 Å². The Hall–Kier alpha value is 1.47. The van der Waals surface area contributed by atoms with Crippen LogP contribution in [0.2, 0.25) is 0 Å². The van der Waals surface area contributed by atoms with Crippen LogP contribution >= 0.6 is 12.4 Å². The van der Waals surface area contributed by atoms with Gasteiger partial charge in [0.05, 0.1) is 0 Å². The van der Waals surface area contributed by atoms with Gasteiger partial charge in [-0.05, 0) is 5.97 Å². The Morgan fingerprint density at radius 3 is 1.67 bits per heavy atom. The first-order valence-electron chi connectivity index (χ1n) is 0.512. The summed E-state index contributed by atoms with van der Waals surface area (Å²) < 4.78 is 0. The maximum absolute atomic E-state index is 7.10. The molecule has 2 radical (unpaired) electrons. The van der Waals surface area contributed by atoms with E-state index in [1.54, 1.807) is 0 Å². The minimum absolute atomic E-state index is 0. The van der Waals surface area contributed by atoms with E-state index in [4.69, 9.17) is 5.26 Å². The Bertz CT molecular complexity index is 41.2. The van der Waals surface area contributed by atoms with Gasteiger partial charge in [-0.15, -0.1) is 12.4 Å². The van der Waals surface area contributed by atoms with Gasteiger partial charge in [-0.3, -0.25) is 0 Å². The minimum atomic E-state index is 0. The standard InChI is InChI=1S/CBN.ClH.Na.Zn.H/c2-1-3;;;;/h;1H;;;/q;;+1;;-1. The third kappa shape index (κ3) is 50.6. The van der Waals surface area contributed by atoms with E-state index in [0.29, 0.717) is 0 Å². The first kappa shape index (κ1) is 26.0. The predicted octanol–water partition coefficient (Wildman–Crippen LogP) is -2.83. The Labute approximate surface area is 81.2 Å². The largest absolute Gasteiger partial charge is 1.00 e. The van der Waals surface area contributed by atoms with Crippen LogP contribution in [-0.2, 0) is 19.5 Å². The fraction of sp³-hybridized carbons (Fsp3) is 0. The van der Waals surface area contributed by atoms with Gasteiger partial charge < -0.3 is 1.43 Å². The molecule has 6 heavy (non-hydrogen) atoms. The molecule has 0 aliphatic heterocycles. The molecule has 0 atom stereocenters. The molecule has 0 aliphatic carbocycles. The van der Waals surface area contributed by atoms with Crippen LogP contribution in [0.5, 0.6) is 0 Å². The molecule has 0 saturated carbocycles. The van der Waals surface area contributed by atoms with Gasteiger partial charge in [-0.25, -0.2) is 5.26 Å². The molecule has 0 spiro atoms. The number of rotatable bonds is 0. The zero-order valence-corrected chi connectivity index (χ0v) is 9.42. The summed E-state index contributed by atoms with van der Waals surface area (Å²) in [5.74, 6) is 1.25. The molecule has 0 amide bonds. The minimum Gasteiger partial charge on any atom is -1.00 e. The SMILES string of the molecule is Cl.[B]C#N.[H-].[Na+].[Zn]. The van der Waals surface area contributed by atoms with Crippen molar-refractivity contribution in [3.8, 4) is 5.97 Å². The van der Waals surface area contributed by atoms with Crippen molar-refractivity contribution in [3.63, 3.8) is 0 Å². The van der Waals surface area contributed by atoms with Crippen LogP contribution in [0.3, 0.4) is 0 Å². The zero-order chi connectivity index (χ0) is 2.71. The van der Waals surface area contributed by atoms with E-state index in [9.17, 15) is 0 Å². The second-order valence-electron chi connectivity index (χ2n) is 0.129. The number of nitrogens with zero attached hydrogens (tertiary/aromatic N) is 1. The summed E-state index contributed by atoms with van der Waals surface area (Å²) >= 11 is 0. The van der Waals surface area contributed by atoms with Gasteiger partial charge in [0.25, 0.3) is 0 Å². The summed E-state index contributed by atoms with van der Waals surface area (Å²) in [6, 6.07) is 0. The molecule has 1 nitrogen and oxygen atoms in total. The molecule has 0 aliphatic rings. The van der Waals surface area contributed by atoms with E-state index >= 15 is 0 Å². The van der Waals surface area contributed by atoms with Crippen molar-refractivity contribution in [2.45, 2.75) is 0 Å². The van der Waals surface area contributed by atoms with Crippen LogP contribution in [0.15, 0.2) is 0 Å². The molecule has 0 N–H and O–H groups in total. The van der Waals surface area contributed by atoms with Crippen molar-refractivity contribution >= 4 is 20.3 Å². The Kier molecular flexibility index (Phi) is 137. The van der Waals surface area contributed by atoms with Crippen molar-refractivity contribution in [1.29, 1.82) is 5.26 Å². The second-order valence-corrected chi connectivity index (χ2v) is 0.129. The van der Waals surface area contributed by atoms with Crippen LogP contribution in [0, 0.1) is 11.2 Å². The van der Waals surface area contributed by atoms with Crippen LogP contribution in [0.4, 0.5) is 0 Å². The molecular weight excluding hydrogens is 161 g/mol. The number of hydrogen-bond acceptors (Lipinski definition) is 1. The molecule has 5 heteroatoms. The summed E-state index contributed by atoms with van der Waals surface area (Å²) in [4.78, 5) is 0. The number of halogens is 1. The van der Waals surface area contributed by atoms with Crippen molar-refractivity contribution in [3.05, 3.63) is 0 Å². The van der Waals surface area contributed by atoms with Crippen molar-refractivity contribution in [2.24, 2.45) is 0 Å². The summed E-state index contributed by atoms with van der Waals surface area (Å²) in [6.45, 7) is 0. The summed E-state index contributed by atoms with van der Waals surface area (Å²) in [6.07, 6.45) is 0. The Balaban J connectivity index is -0.00000000333. The maximum Gasteiger partial charge on any atom is 1.00 e. The molecule has 0 heterocycles. The van der Waals surface area contributed by atoms with Crippen molar-refractivity contribution in [2.75, 3.05) is 0 Å². The first-order chi connectivity index (χ1) is 1.41. The van der Waals surface area contributed by atoms with Gasteiger partial charge in [-0.1, -0.05) is 0 Å². The molecule has 0 aromatic carbocycles. The van der Waals surface area contributed by atoms with Gasteiger partial charge in [0, 0.05) is 19.5 Å². The van der Waals surface area contributed by atoms with Crippen LogP contribution < -0.4 is 29.6 Å². The predicted molar refractivity (Wildman–Crippen MR) is 19.7 cm³/mol. The van der Waals surface area contributed by atoms with E-state index in [2.05, 4.69) is 7.85 Å². The van der Waals surface area contributed by atoms with Gasteiger partial charge in [0.2, 0.25) is 7.85 Å². The summed E-state index contributed by atoms with van der Waals surface area (Å²) in [5, 5.41) is 7.10. The van der Waals surface area contributed by atoms with Gasteiger partial charge >= 0.3 is 29.6 Å². The van der Waals surface area contributed by atoms with Gasteiger partial charge in [0.15, 0.2) is 0 Å². The van der Waals surface area contributed by atoms with Crippen LogP contribution in [0.1, 0.15) is 1.43 Å². The Morgan fingerprint density at radius 1 is 1.67 bits per heavy atom. The molecule has 0 aromatic heterocycles. The molecule has 24 valence electrons. The van der Waals surface area contributed by atoms with E-state index < -0.39 is 0 Å². The third-order valence-electron chi connectivity index (χ3n) is 0. The van der Waals surface area contributed by atoms with E-state index in [1.807, 2.05) is 0 Å². The second kappa shape index (κ2) is 31.7.